The largest absolute Gasteiger partial charge is 0.457 e. The zero-order chi connectivity index (χ0) is 32.4. The molecule has 9 aromatic rings. The lowest BCUT2D eigenvalue weighted by Gasteiger charge is -2.41. The van der Waals surface area contributed by atoms with Crippen LogP contribution in [0.15, 0.2) is 188 Å². The van der Waals surface area contributed by atoms with E-state index in [9.17, 15) is 0 Å². The highest BCUT2D eigenvalue weighted by atomic mass is 16.5. The van der Waals surface area contributed by atoms with Crippen LogP contribution in [0.5, 0.6) is 11.5 Å². The lowest BCUT2D eigenvalue weighted by atomic mass is 9.63. The Hall–Kier alpha value is -6.38. The Bertz CT molecular complexity index is 2630. The molecule has 0 radical (unpaired) electrons. The van der Waals surface area contributed by atoms with Gasteiger partial charge < -0.3 is 9.30 Å². The predicted molar refractivity (Wildman–Crippen MR) is 202 cm³/mol. The first-order valence-corrected chi connectivity index (χ1v) is 16.9. The van der Waals surface area contributed by atoms with Crippen molar-refractivity contribution in [3.05, 3.63) is 210 Å². The topological polar surface area (TPSA) is 14.2 Å². The summed E-state index contributed by atoms with van der Waals surface area (Å²) in [6.07, 6.45) is 0. The smallest absolute Gasteiger partial charge is 0.132 e. The van der Waals surface area contributed by atoms with Crippen LogP contribution in [0.25, 0.3) is 49.4 Å². The van der Waals surface area contributed by atoms with Gasteiger partial charge in [0.2, 0.25) is 0 Å². The van der Waals surface area contributed by atoms with E-state index in [1.165, 1.54) is 49.3 Å². The van der Waals surface area contributed by atoms with Crippen LogP contribution in [0.3, 0.4) is 0 Å². The SMILES string of the molecule is c1ccc(-n2c3ccccc3c3c4ccccc4c(-c4ccc5c(c4)C(c4ccccc4)(c4ccccc4)c4ccccc4O5)cc32)cc1. The van der Waals surface area contributed by atoms with Crippen molar-refractivity contribution >= 4 is 32.6 Å². The molecular formula is C47H31NO. The third-order valence-electron chi connectivity index (χ3n) is 10.3. The van der Waals surface area contributed by atoms with E-state index in [2.05, 4.69) is 193 Å². The van der Waals surface area contributed by atoms with E-state index >= 15 is 0 Å². The molecule has 0 atom stereocenters. The Morgan fingerprint density at radius 1 is 0.408 bits per heavy atom. The molecule has 1 aliphatic heterocycles. The highest BCUT2D eigenvalue weighted by Gasteiger charge is 2.45. The molecule has 49 heavy (non-hydrogen) atoms. The summed E-state index contributed by atoms with van der Waals surface area (Å²) in [5, 5.41) is 5.01. The summed E-state index contributed by atoms with van der Waals surface area (Å²) in [7, 11) is 0. The molecule has 0 N–H and O–H groups in total. The van der Waals surface area contributed by atoms with Gasteiger partial charge in [0.1, 0.15) is 11.5 Å². The second kappa shape index (κ2) is 10.8. The molecule has 0 spiro atoms. The van der Waals surface area contributed by atoms with Crippen molar-refractivity contribution < 1.29 is 4.74 Å². The third kappa shape index (κ3) is 4.01. The molecule has 0 saturated heterocycles. The molecule has 2 heterocycles. The first kappa shape index (κ1) is 27.7. The number of para-hydroxylation sites is 3. The van der Waals surface area contributed by atoms with E-state index in [1.807, 2.05) is 0 Å². The minimum atomic E-state index is -0.582. The van der Waals surface area contributed by atoms with Crippen molar-refractivity contribution in [1.82, 2.24) is 4.57 Å². The zero-order valence-electron chi connectivity index (χ0n) is 26.8. The summed E-state index contributed by atoms with van der Waals surface area (Å²) in [6.45, 7) is 0. The quantitative estimate of drug-likeness (QED) is 0.190. The molecule has 2 heteroatoms. The fourth-order valence-corrected chi connectivity index (χ4v) is 8.30. The Balaban J connectivity index is 1.32. The average Bonchev–Trinajstić information content (AvgIpc) is 3.52. The highest BCUT2D eigenvalue weighted by molar-refractivity contribution is 6.24. The van der Waals surface area contributed by atoms with E-state index in [-0.39, 0.29) is 0 Å². The summed E-state index contributed by atoms with van der Waals surface area (Å²) in [5.41, 5.74) is 10.0. The van der Waals surface area contributed by atoms with Gasteiger partial charge in [-0.2, -0.15) is 0 Å². The number of aromatic nitrogens is 1. The number of ether oxygens (including phenoxy) is 1. The molecule has 8 aromatic carbocycles. The van der Waals surface area contributed by atoms with Gasteiger partial charge in [0.15, 0.2) is 0 Å². The van der Waals surface area contributed by atoms with Crippen LogP contribution in [0.2, 0.25) is 0 Å². The first-order chi connectivity index (χ1) is 24.3. The van der Waals surface area contributed by atoms with Crippen molar-refractivity contribution in [3.63, 3.8) is 0 Å². The summed E-state index contributed by atoms with van der Waals surface area (Å²) >= 11 is 0. The van der Waals surface area contributed by atoms with Crippen molar-refractivity contribution in [2.45, 2.75) is 5.41 Å². The third-order valence-corrected chi connectivity index (χ3v) is 10.3. The van der Waals surface area contributed by atoms with Gasteiger partial charge in [0.25, 0.3) is 0 Å². The van der Waals surface area contributed by atoms with Crippen LogP contribution >= 0.6 is 0 Å². The number of benzene rings is 8. The minimum absolute atomic E-state index is 0.582. The van der Waals surface area contributed by atoms with Gasteiger partial charge in [-0.25, -0.2) is 0 Å². The molecule has 1 aromatic heterocycles. The van der Waals surface area contributed by atoms with Gasteiger partial charge >= 0.3 is 0 Å². The van der Waals surface area contributed by atoms with Crippen LogP contribution in [0, 0.1) is 0 Å². The highest BCUT2D eigenvalue weighted by Crippen LogP contribution is 2.56. The summed E-state index contributed by atoms with van der Waals surface area (Å²) in [5.74, 6) is 1.76. The molecular weight excluding hydrogens is 595 g/mol. The molecule has 10 rings (SSSR count). The first-order valence-electron chi connectivity index (χ1n) is 16.9. The van der Waals surface area contributed by atoms with Crippen LogP contribution in [0.1, 0.15) is 22.3 Å². The van der Waals surface area contributed by atoms with Gasteiger partial charge in [-0.05, 0) is 75.5 Å². The predicted octanol–water partition coefficient (Wildman–Crippen LogP) is 12.1. The van der Waals surface area contributed by atoms with Crippen LogP contribution < -0.4 is 4.74 Å². The summed E-state index contributed by atoms with van der Waals surface area (Å²) in [6, 6.07) is 67.8. The minimum Gasteiger partial charge on any atom is -0.457 e. The maximum absolute atomic E-state index is 6.74. The van der Waals surface area contributed by atoms with Crippen molar-refractivity contribution in [2.75, 3.05) is 0 Å². The van der Waals surface area contributed by atoms with Crippen LogP contribution in [0.4, 0.5) is 0 Å². The molecule has 2 nitrogen and oxygen atoms in total. The van der Waals surface area contributed by atoms with Crippen molar-refractivity contribution in [1.29, 1.82) is 0 Å². The summed E-state index contributed by atoms with van der Waals surface area (Å²) < 4.78 is 9.15. The fourth-order valence-electron chi connectivity index (χ4n) is 8.30. The second-order valence-electron chi connectivity index (χ2n) is 12.8. The number of hydrogen-bond acceptors (Lipinski definition) is 1. The van der Waals surface area contributed by atoms with Gasteiger partial charge in [0.05, 0.1) is 16.4 Å². The van der Waals surface area contributed by atoms with Gasteiger partial charge in [0, 0.05) is 27.6 Å². The lowest BCUT2D eigenvalue weighted by molar-refractivity contribution is 0.434. The Labute approximate surface area is 285 Å². The fraction of sp³-hybridized carbons (Fsp3) is 0.0213. The van der Waals surface area contributed by atoms with Crippen LogP contribution in [-0.2, 0) is 5.41 Å². The molecule has 230 valence electrons. The van der Waals surface area contributed by atoms with Gasteiger partial charge in [-0.15, -0.1) is 0 Å². The normalized spacial score (nSPS) is 13.2. The maximum Gasteiger partial charge on any atom is 0.132 e. The number of hydrogen-bond donors (Lipinski definition) is 0. The number of nitrogens with zero attached hydrogens (tertiary/aromatic N) is 1. The van der Waals surface area contributed by atoms with E-state index in [4.69, 9.17) is 4.74 Å². The molecule has 0 bridgehead atoms. The standard InChI is InChI=1S/C47H31NO/c1-4-16-33(17-5-1)47(34-18-6-2-7-19-34)40-25-13-15-27-44(40)49-45-29-28-32(30-41(45)47)39-31-43-46(37-23-11-10-22-36(37)39)38-24-12-14-26-42(38)48(43)35-20-8-3-9-21-35/h1-31H. The van der Waals surface area contributed by atoms with E-state index in [0.717, 1.165) is 33.9 Å². The lowest BCUT2D eigenvalue weighted by Crippen LogP contribution is -2.34. The number of rotatable bonds is 4. The molecule has 0 aliphatic carbocycles. The van der Waals surface area contributed by atoms with Crippen LogP contribution in [-0.4, -0.2) is 4.57 Å². The molecule has 0 saturated carbocycles. The maximum atomic E-state index is 6.74. The monoisotopic (exact) mass is 625 g/mol. The van der Waals surface area contributed by atoms with Gasteiger partial charge in [-0.1, -0.05) is 146 Å². The molecule has 0 fully saturated rings. The molecule has 0 unspecified atom stereocenters. The molecule has 1 aliphatic rings. The van der Waals surface area contributed by atoms with E-state index in [1.54, 1.807) is 0 Å². The molecule has 0 amide bonds. The summed E-state index contributed by atoms with van der Waals surface area (Å²) in [4.78, 5) is 0. The zero-order valence-corrected chi connectivity index (χ0v) is 26.8. The second-order valence-corrected chi connectivity index (χ2v) is 12.8. The van der Waals surface area contributed by atoms with E-state index in [0.29, 0.717) is 0 Å². The van der Waals surface area contributed by atoms with E-state index < -0.39 is 5.41 Å². The number of fused-ring (bicyclic) bond motifs is 7. The Morgan fingerprint density at radius 3 is 1.71 bits per heavy atom. The van der Waals surface area contributed by atoms with Crippen molar-refractivity contribution in [3.8, 4) is 28.3 Å². The van der Waals surface area contributed by atoms with Gasteiger partial charge in [-0.3, -0.25) is 0 Å². The Morgan fingerprint density at radius 2 is 0.980 bits per heavy atom. The average molecular weight is 626 g/mol. The Kier molecular flexibility index (Phi) is 6.13. The van der Waals surface area contributed by atoms with Crippen molar-refractivity contribution in [2.24, 2.45) is 0 Å².